The molecule has 0 spiro atoms. The van der Waals surface area contributed by atoms with Crippen molar-refractivity contribution in [3.8, 4) is 5.69 Å². The number of ether oxygens (including phenoxy) is 1. The molecule has 1 saturated heterocycles. The highest BCUT2D eigenvalue weighted by molar-refractivity contribution is 6.30. The van der Waals surface area contributed by atoms with Gasteiger partial charge in [0.15, 0.2) is 5.82 Å². The van der Waals surface area contributed by atoms with Gasteiger partial charge in [0.2, 0.25) is 5.82 Å². The van der Waals surface area contributed by atoms with Crippen LogP contribution in [0.3, 0.4) is 0 Å². The summed E-state index contributed by atoms with van der Waals surface area (Å²) in [5.41, 5.74) is 6.48. The minimum absolute atomic E-state index is 0.261. The van der Waals surface area contributed by atoms with E-state index in [-0.39, 0.29) is 5.82 Å². The molecule has 3 aromatic rings. The molecular weight excluding hydrogens is 577 g/mol. The van der Waals surface area contributed by atoms with Crippen LogP contribution in [0.5, 0.6) is 0 Å². The molecule has 224 valence electrons. The van der Waals surface area contributed by atoms with Crippen molar-refractivity contribution in [3.63, 3.8) is 0 Å². The van der Waals surface area contributed by atoms with E-state index >= 15 is 0 Å². The highest BCUT2D eigenvalue weighted by atomic mass is 35.5. The maximum absolute atomic E-state index is 14.8. The number of likely N-dealkylation sites (tertiary alicyclic amines) is 1. The molecule has 9 heteroatoms. The smallest absolute Gasteiger partial charge is 0.375 e. The summed E-state index contributed by atoms with van der Waals surface area (Å²) >= 11 is 12.1. The van der Waals surface area contributed by atoms with Crippen molar-refractivity contribution in [1.29, 1.82) is 0 Å². The van der Waals surface area contributed by atoms with E-state index in [1.165, 1.54) is 15.7 Å². The van der Waals surface area contributed by atoms with Gasteiger partial charge in [0.05, 0.1) is 5.69 Å². The Morgan fingerprint density at radius 2 is 1.83 bits per heavy atom. The number of aryl methyl sites for hydroxylation is 1. The molecule has 0 aliphatic carbocycles. The summed E-state index contributed by atoms with van der Waals surface area (Å²) in [6.07, 6.45) is 4.11. The first kappa shape index (κ1) is 30.7. The predicted molar refractivity (Wildman–Crippen MR) is 164 cm³/mol. The van der Waals surface area contributed by atoms with Gasteiger partial charge in [0, 0.05) is 35.8 Å². The fraction of sp³-hybridized carbons (Fsp3) is 0.455. The fourth-order valence-corrected chi connectivity index (χ4v) is 6.66. The van der Waals surface area contributed by atoms with Gasteiger partial charge < -0.3 is 9.64 Å². The van der Waals surface area contributed by atoms with Crippen LogP contribution in [0.4, 0.5) is 8.78 Å². The van der Waals surface area contributed by atoms with Crippen LogP contribution in [0, 0.1) is 12.8 Å². The van der Waals surface area contributed by atoms with E-state index in [0.29, 0.717) is 28.6 Å². The van der Waals surface area contributed by atoms with Gasteiger partial charge in [-0.15, -0.1) is 16.8 Å². The third kappa shape index (κ3) is 6.29. The zero-order valence-corrected chi connectivity index (χ0v) is 26.0. The Kier molecular flexibility index (Phi) is 9.12. The lowest BCUT2D eigenvalue weighted by Crippen LogP contribution is -2.33. The van der Waals surface area contributed by atoms with Crippen LogP contribution in [0.15, 0.2) is 60.8 Å². The second kappa shape index (κ2) is 12.5. The molecule has 2 atom stereocenters. The topological polar surface area (TPSA) is 43.2 Å². The standard InChI is InChI=1S/C33H38Cl2F2N4O/c1-6-8-24-9-7-10-26(22(24)5)30-27-19-25(34)11-12-28(27)41-31(38-39-32(41)33(35,36)37)29(42-30)18-21(4)40-15-13-23(14-16-40)17-20(2)3/h7,9-12,19,23,29-30H,2,4,6,8,13-18H2,1,3,5H3/t29-,30?/m1/s1. The van der Waals surface area contributed by atoms with Crippen LogP contribution in [-0.4, -0.2) is 32.8 Å². The van der Waals surface area contributed by atoms with Gasteiger partial charge in [-0.25, -0.2) is 0 Å². The first-order valence-electron chi connectivity index (χ1n) is 14.6. The highest BCUT2D eigenvalue weighted by Gasteiger charge is 2.42. The molecule has 0 amide bonds. The second-order valence-corrected chi connectivity index (χ2v) is 12.6. The number of alkyl halides is 3. The van der Waals surface area contributed by atoms with Crippen molar-refractivity contribution in [2.45, 2.75) is 76.9 Å². The van der Waals surface area contributed by atoms with E-state index < -0.39 is 23.4 Å². The summed E-state index contributed by atoms with van der Waals surface area (Å²) in [4.78, 5) is 2.27. The number of aromatic nitrogens is 3. The molecule has 0 radical (unpaired) electrons. The predicted octanol–water partition coefficient (Wildman–Crippen LogP) is 9.21. The molecule has 2 aliphatic rings. The van der Waals surface area contributed by atoms with Gasteiger partial charge in [-0.3, -0.25) is 4.57 Å². The molecule has 42 heavy (non-hydrogen) atoms. The average molecular weight is 616 g/mol. The number of benzene rings is 2. The molecule has 2 aromatic carbocycles. The number of halogens is 4. The Bertz CT molecular complexity index is 1470. The van der Waals surface area contributed by atoms with Crippen molar-refractivity contribution in [2.75, 3.05) is 13.1 Å². The summed E-state index contributed by atoms with van der Waals surface area (Å²) in [6, 6.07) is 11.3. The van der Waals surface area contributed by atoms with Crippen molar-refractivity contribution in [1.82, 2.24) is 19.7 Å². The number of hydrogen-bond donors (Lipinski definition) is 0. The SMILES string of the molecule is C=C(C)CC1CCN(C(=C)C[C@H]2OC(c3cccc(CCC)c3C)c3cc(Cl)ccc3-n3c2nnc3C(F)(F)Cl)CC1. The lowest BCUT2D eigenvalue weighted by molar-refractivity contribution is -0.0000858. The van der Waals surface area contributed by atoms with Gasteiger partial charge in [-0.05, 0) is 91.9 Å². The Morgan fingerprint density at radius 3 is 2.50 bits per heavy atom. The number of fused-ring (bicyclic) bond motifs is 3. The number of allylic oxidation sites excluding steroid dienone is 1. The van der Waals surface area contributed by atoms with E-state index in [1.54, 1.807) is 18.2 Å². The summed E-state index contributed by atoms with van der Waals surface area (Å²) in [5, 5.41) is 4.83. The zero-order valence-electron chi connectivity index (χ0n) is 24.5. The van der Waals surface area contributed by atoms with E-state index in [4.69, 9.17) is 27.9 Å². The zero-order chi connectivity index (χ0) is 30.2. The summed E-state index contributed by atoms with van der Waals surface area (Å²) in [5.74, 6) is 0.219. The maximum atomic E-state index is 14.8. The fourth-order valence-electron chi connectivity index (χ4n) is 6.36. The Labute approximate surface area is 257 Å². The Balaban J connectivity index is 1.57. The van der Waals surface area contributed by atoms with E-state index in [1.807, 2.05) is 12.1 Å². The molecule has 5 nitrogen and oxygen atoms in total. The van der Waals surface area contributed by atoms with Gasteiger partial charge in [-0.2, -0.15) is 8.78 Å². The van der Waals surface area contributed by atoms with Crippen molar-refractivity contribution < 1.29 is 13.5 Å². The molecule has 3 heterocycles. The van der Waals surface area contributed by atoms with Crippen LogP contribution in [0.2, 0.25) is 5.02 Å². The number of piperidine rings is 1. The summed E-state index contributed by atoms with van der Waals surface area (Å²) in [7, 11) is 0. The monoisotopic (exact) mass is 614 g/mol. The number of hydrogen-bond acceptors (Lipinski definition) is 4. The summed E-state index contributed by atoms with van der Waals surface area (Å²) in [6.45, 7) is 16.5. The van der Waals surface area contributed by atoms with Crippen LogP contribution in [-0.2, 0) is 16.5 Å². The van der Waals surface area contributed by atoms with Crippen LogP contribution >= 0.6 is 23.2 Å². The van der Waals surface area contributed by atoms with E-state index in [0.717, 1.165) is 62.0 Å². The molecular formula is C33H38Cl2F2N4O. The molecule has 0 bridgehead atoms. The van der Waals surface area contributed by atoms with Gasteiger partial charge in [0.25, 0.3) is 0 Å². The lowest BCUT2D eigenvalue weighted by Gasteiger charge is -2.36. The molecule has 0 N–H and O–H groups in total. The average Bonchev–Trinajstić information content (AvgIpc) is 3.34. The van der Waals surface area contributed by atoms with Crippen molar-refractivity contribution >= 4 is 23.2 Å². The van der Waals surface area contributed by atoms with E-state index in [9.17, 15) is 8.78 Å². The number of nitrogens with zero attached hydrogens (tertiary/aromatic N) is 4. The van der Waals surface area contributed by atoms with Crippen molar-refractivity contribution in [2.24, 2.45) is 5.92 Å². The molecule has 0 saturated carbocycles. The third-order valence-corrected chi connectivity index (χ3v) is 8.86. The number of rotatable bonds is 9. The van der Waals surface area contributed by atoms with Gasteiger partial charge >= 0.3 is 5.38 Å². The normalized spacial score (nSPS) is 19.3. The minimum Gasteiger partial charge on any atom is -0.375 e. The first-order valence-corrected chi connectivity index (χ1v) is 15.4. The molecule has 5 rings (SSSR count). The van der Waals surface area contributed by atoms with Crippen LogP contribution in [0.25, 0.3) is 5.69 Å². The second-order valence-electron chi connectivity index (χ2n) is 11.7. The largest absolute Gasteiger partial charge is 0.382 e. The Morgan fingerprint density at radius 1 is 1.10 bits per heavy atom. The van der Waals surface area contributed by atoms with Crippen molar-refractivity contribution in [3.05, 3.63) is 99.8 Å². The highest BCUT2D eigenvalue weighted by Crippen LogP contribution is 2.46. The summed E-state index contributed by atoms with van der Waals surface area (Å²) < 4.78 is 37.8. The molecule has 1 aromatic heterocycles. The lowest BCUT2D eigenvalue weighted by atomic mass is 9.90. The Hall–Kier alpha value is -2.74. The minimum atomic E-state index is -3.74. The third-order valence-electron chi connectivity index (χ3n) is 8.45. The van der Waals surface area contributed by atoms with Crippen LogP contribution in [0.1, 0.15) is 92.1 Å². The van der Waals surface area contributed by atoms with Gasteiger partial charge in [0.1, 0.15) is 12.2 Å². The molecule has 2 aliphatic heterocycles. The van der Waals surface area contributed by atoms with E-state index in [2.05, 4.69) is 55.1 Å². The first-order chi connectivity index (χ1) is 20.0. The molecule has 1 fully saturated rings. The molecule has 1 unspecified atom stereocenters. The van der Waals surface area contributed by atoms with Crippen LogP contribution < -0.4 is 0 Å². The maximum Gasteiger partial charge on any atom is 0.382 e. The van der Waals surface area contributed by atoms with Gasteiger partial charge in [-0.1, -0.05) is 55.3 Å². The quantitative estimate of drug-likeness (QED) is 0.178.